The fourth-order valence-electron chi connectivity index (χ4n) is 4.97. The number of ketones is 1. The largest absolute Gasteiger partial charge is 0.504 e. The number of aliphatic hydroxyl groups is 1. The van der Waals surface area contributed by atoms with Crippen LogP contribution in [0.15, 0.2) is 23.4 Å². The lowest BCUT2D eigenvalue weighted by Crippen LogP contribution is -2.63. The van der Waals surface area contributed by atoms with Gasteiger partial charge < -0.3 is 30.2 Å². The van der Waals surface area contributed by atoms with Gasteiger partial charge in [-0.15, -0.1) is 0 Å². The van der Waals surface area contributed by atoms with Gasteiger partial charge in [-0.25, -0.2) is 4.79 Å². The van der Waals surface area contributed by atoms with Crippen LogP contribution in [0.25, 0.3) is 0 Å². The number of β-lactam (4-membered cyclic amide) rings is 1. The molecule has 1 saturated heterocycles. The molecule has 1 aromatic rings. The molecule has 0 unspecified atom stereocenters. The van der Waals surface area contributed by atoms with Crippen molar-refractivity contribution in [1.29, 1.82) is 0 Å². The summed E-state index contributed by atoms with van der Waals surface area (Å²) in [5.74, 6) is -5.98. The van der Waals surface area contributed by atoms with Crippen molar-refractivity contribution in [3.05, 3.63) is 34.5 Å². The Morgan fingerprint density at radius 1 is 1.23 bits per heavy atom. The molecule has 4 N–H and O–H groups in total. The quantitative estimate of drug-likeness (QED) is 0.230. The molecule has 12 heteroatoms. The molecule has 1 amide bonds. The maximum Gasteiger partial charge on any atom is 0.420 e. The molecule has 0 saturated carbocycles. The SMILES string of the molecule is C[C@@H](O)[C@H]1C(=O)N2C(C(=O)O)=C(CN(C)CCCC(=O)c3ccc(O)c(O)c3C(F)(F)F)[C@H](C)[C@H]12. The number of carbonyl (C=O) groups excluding carboxylic acids is 2. The first-order chi connectivity index (χ1) is 16.2. The van der Waals surface area contributed by atoms with Crippen molar-refractivity contribution in [3.63, 3.8) is 0 Å². The summed E-state index contributed by atoms with van der Waals surface area (Å²) in [5, 5.41) is 38.6. The van der Waals surface area contributed by atoms with Crippen LogP contribution in [0.1, 0.15) is 42.6 Å². The molecule has 1 fully saturated rings. The normalized spacial score (nSPS) is 22.9. The molecule has 0 aromatic heterocycles. The van der Waals surface area contributed by atoms with E-state index in [4.69, 9.17) is 0 Å². The minimum absolute atomic E-state index is 0.123. The van der Waals surface area contributed by atoms with Gasteiger partial charge in [0.25, 0.3) is 0 Å². The molecule has 0 aliphatic carbocycles. The first-order valence-corrected chi connectivity index (χ1v) is 11.0. The number of alkyl halides is 3. The van der Waals surface area contributed by atoms with Crippen molar-refractivity contribution >= 4 is 17.7 Å². The number of phenols is 2. The Kier molecular flexibility index (Phi) is 7.19. The van der Waals surface area contributed by atoms with E-state index in [1.165, 1.54) is 11.8 Å². The van der Waals surface area contributed by atoms with Crippen molar-refractivity contribution < 1.29 is 48.0 Å². The Morgan fingerprint density at radius 3 is 2.40 bits per heavy atom. The van der Waals surface area contributed by atoms with Gasteiger partial charge in [0.15, 0.2) is 17.3 Å². The Balaban J connectivity index is 1.67. The van der Waals surface area contributed by atoms with E-state index < -0.39 is 64.5 Å². The number of aliphatic carboxylic acids is 1. The van der Waals surface area contributed by atoms with Crippen molar-refractivity contribution in [3.8, 4) is 11.5 Å². The molecule has 3 rings (SSSR count). The predicted molar refractivity (Wildman–Crippen MR) is 115 cm³/mol. The summed E-state index contributed by atoms with van der Waals surface area (Å²) in [6.45, 7) is 3.64. The standard InChI is InChI=1S/C23H27F3N2O7/c1-10-13(19(22(34)35)28-18(10)16(11(2)29)21(28)33)9-27(3)8-4-5-14(30)12-6-7-15(31)20(32)17(12)23(24,25)26/h6-7,10-11,16,18,29,31-32H,4-5,8-9H2,1-3H3,(H,34,35)/t10-,11+,16+,18+/m0/s1. The third kappa shape index (κ3) is 4.72. The molecule has 0 radical (unpaired) electrons. The molecule has 2 aliphatic heterocycles. The molecular formula is C23H27F3N2O7. The number of phenolic OH excluding ortho intramolecular Hbond substituents is 2. The smallest absolute Gasteiger partial charge is 0.420 e. The summed E-state index contributed by atoms with van der Waals surface area (Å²) < 4.78 is 39.9. The first kappa shape index (κ1) is 26.5. The van der Waals surface area contributed by atoms with Crippen LogP contribution in [0.4, 0.5) is 13.2 Å². The van der Waals surface area contributed by atoms with E-state index in [0.717, 1.165) is 12.1 Å². The number of carboxylic acids is 1. The summed E-state index contributed by atoms with van der Waals surface area (Å²) in [4.78, 5) is 39.6. The van der Waals surface area contributed by atoms with E-state index in [1.807, 2.05) is 0 Å². The monoisotopic (exact) mass is 500 g/mol. The van der Waals surface area contributed by atoms with E-state index in [9.17, 15) is 48.0 Å². The maximum absolute atomic E-state index is 13.3. The highest BCUT2D eigenvalue weighted by Crippen LogP contribution is 2.47. The fraction of sp³-hybridized carbons (Fsp3) is 0.522. The van der Waals surface area contributed by atoms with Gasteiger partial charge in [0.05, 0.1) is 18.1 Å². The predicted octanol–water partition coefficient (Wildman–Crippen LogP) is 2.21. The third-order valence-corrected chi connectivity index (χ3v) is 6.64. The van der Waals surface area contributed by atoms with Crippen LogP contribution < -0.4 is 0 Å². The van der Waals surface area contributed by atoms with Gasteiger partial charge in [0.2, 0.25) is 5.91 Å². The van der Waals surface area contributed by atoms with Crippen molar-refractivity contribution in [2.45, 2.75) is 45.0 Å². The second-order valence-corrected chi connectivity index (χ2v) is 9.05. The molecule has 4 atom stereocenters. The number of carbonyl (C=O) groups is 3. The molecule has 192 valence electrons. The van der Waals surface area contributed by atoms with Gasteiger partial charge in [-0.2, -0.15) is 13.2 Å². The fourth-order valence-corrected chi connectivity index (χ4v) is 4.97. The van der Waals surface area contributed by atoms with Crippen molar-refractivity contribution in [2.24, 2.45) is 11.8 Å². The van der Waals surface area contributed by atoms with Crippen LogP contribution in [0, 0.1) is 11.8 Å². The zero-order chi connectivity index (χ0) is 26.4. The maximum atomic E-state index is 13.3. The molecule has 0 bridgehead atoms. The molecule has 2 heterocycles. The van der Waals surface area contributed by atoms with Gasteiger partial charge in [-0.1, -0.05) is 6.92 Å². The number of aromatic hydroxyl groups is 2. The lowest BCUT2D eigenvalue weighted by atomic mass is 9.77. The highest BCUT2D eigenvalue weighted by molar-refractivity contribution is 6.00. The zero-order valence-electron chi connectivity index (χ0n) is 19.3. The number of likely N-dealkylation sites (N-methyl/N-ethyl adjacent to an activating group) is 1. The summed E-state index contributed by atoms with van der Waals surface area (Å²) in [6.07, 6.45) is -6.11. The minimum atomic E-state index is -5.04. The Hall–Kier alpha value is -3.12. The third-order valence-electron chi connectivity index (χ3n) is 6.64. The van der Waals surface area contributed by atoms with Crippen LogP contribution in [0.5, 0.6) is 11.5 Å². The Morgan fingerprint density at radius 2 is 1.86 bits per heavy atom. The van der Waals surface area contributed by atoms with Crippen LogP contribution in [-0.2, 0) is 15.8 Å². The van der Waals surface area contributed by atoms with Gasteiger partial charge in [-0.3, -0.25) is 9.59 Å². The van der Waals surface area contributed by atoms with Gasteiger partial charge in [0.1, 0.15) is 11.3 Å². The second kappa shape index (κ2) is 9.50. The van der Waals surface area contributed by atoms with E-state index in [2.05, 4.69) is 0 Å². The number of carboxylic acid groups (broad SMARTS) is 1. The summed E-state index contributed by atoms with van der Waals surface area (Å²) >= 11 is 0. The van der Waals surface area contributed by atoms with Crippen LogP contribution in [0.3, 0.4) is 0 Å². The highest BCUT2D eigenvalue weighted by Gasteiger charge is 2.59. The number of hydrogen-bond donors (Lipinski definition) is 4. The average Bonchev–Trinajstić information content (AvgIpc) is 2.97. The van der Waals surface area contributed by atoms with Gasteiger partial charge >= 0.3 is 12.1 Å². The van der Waals surface area contributed by atoms with Crippen molar-refractivity contribution in [2.75, 3.05) is 20.1 Å². The lowest BCUT2D eigenvalue weighted by molar-refractivity contribution is -0.163. The molecule has 2 aliphatic rings. The Labute approximate surface area is 199 Å². The van der Waals surface area contributed by atoms with Gasteiger partial charge in [0, 0.05) is 24.4 Å². The number of amides is 1. The van der Waals surface area contributed by atoms with Gasteiger partial charge in [-0.05, 0) is 44.6 Å². The van der Waals surface area contributed by atoms with E-state index in [1.54, 1.807) is 18.9 Å². The van der Waals surface area contributed by atoms with Crippen LogP contribution >= 0.6 is 0 Å². The average molecular weight is 500 g/mol. The minimum Gasteiger partial charge on any atom is -0.504 e. The van der Waals surface area contributed by atoms with Crippen LogP contribution in [-0.4, -0.2) is 80.2 Å². The number of hydrogen-bond acceptors (Lipinski definition) is 7. The Bertz CT molecular complexity index is 1080. The van der Waals surface area contributed by atoms with E-state index in [-0.39, 0.29) is 37.5 Å². The molecule has 35 heavy (non-hydrogen) atoms. The molecule has 9 nitrogen and oxygen atoms in total. The lowest BCUT2D eigenvalue weighted by Gasteiger charge is -2.46. The second-order valence-electron chi connectivity index (χ2n) is 9.05. The van der Waals surface area contributed by atoms with E-state index in [0.29, 0.717) is 5.57 Å². The number of aliphatic hydroxyl groups excluding tert-OH is 1. The number of benzene rings is 1. The summed E-state index contributed by atoms with van der Waals surface area (Å²) in [5.41, 5.74) is -1.96. The zero-order valence-corrected chi connectivity index (χ0v) is 19.3. The number of Topliss-reactive ketones (excluding diaryl/α,β-unsaturated/α-hetero) is 1. The topological polar surface area (TPSA) is 139 Å². The van der Waals surface area contributed by atoms with E-state index >= 15 is 0 Å². The number of rotatable bonds is 9. The summed E-state index contributed by atoms with van der Waals surface area (Å²) in [7, 11) is 1.65. The summed E-state index contributed by atoms with van der Waals surface area (Å²) in [6, 6.07) is 1.17. The van der Waals surface area contributed by atoms with Crippen LogP contribution in [0.2, 0.25) is 0 Å². The van der Waals surface area contributed by atoms with Crippen molar-refractivity contribution in [1.82, 2.24) is 9.80 Å². The number of halogens is 3. The highest BCUT2D eigenvalue weighted by atomic mass is 19.4. The molecule has 1 aromatic carbocycles. The number of fused-ring (bicyclic) bond motifs is 1. The molecule has 0 spiro atoms. The molecular weight excluding hydrogens is 473 g/mol. The number of nitrogens with zero attached hydrogens (tertiary/aromatic N) is 2. The first-order valence-electron chi connectivity index (χ1n) is 11.0.